The smallest absolute Gasteiger partial charge is 0.0105 e. The molecule has 3 rings (SSSR count). The standard InChI is InChI=1S/C20H27N/c1-21-20(13-11-16-6-2-3-7-16)15-17-10-12-18-8-4-5-9-19(18)14-17/h4-5,8-10,12,14,16,20-21H,2-3,6-7,11,13,15H2,1H3. The molecule has 0 aromatic heterocycles. The Hall–Kier alpha value is -1.34. The first-order chi connectivity index (χ1) is 10.3. The van der Waals surface area contributed by atoms with Crippen LogP contribution in [-0.4, -0.2) is 13.1 Å². The molecule has 1 N–H and O–H groups in total. The van der Waals surface area contributed by atoms with Gasteiger partial charge in [0.05, 0.1) is 0 Å². The van der Waals surface area contributed by atoms with Gasteiger partial charge in [-0.1, -0.05) is 68.1 Å². The molecular formula is C20H27N. The average molecular weight is 281 g/mol. The van der Waals surface area contributed by atoms with E-state index >= 15 is 0 Å². The number of nitrogens with one attached hydrogen (secondary N) is 1. The Balaban J connectivity index is 1.61. The van der Waals surface area contributed by atoms with Crippen molar-refractivity contribution in [1.82, 2.24) is 5.32 Å². The summed E-state index contributed by atoms with van der Waals surface area (Å²) in [6.07, 6.45) is 9.71. The summed E-state index contributed by atoms with van der Waals surface area (Å²) >= 11 is 0. The largest absolute Gasteiger partial charge is 0.317 e. The second-order valence-corrected chi connectivity index (χ2v) is 6.60. The molecule has 0 bridgehead atoms. The van der Waals surface area contributed by atoms with Crippen LogP contribution in [0.4, 0.5) is 0 Å². The molecule has 0 radical (unpaired) electrons. The Morgan fingerprint density at radius 3 is 2.57 bits per heavy atom. The van der Waals surface area contributed by atoms with Crippen LogP contribution >= 0.6 is 0 Å². The number of likely N-dealkylation sites (N-methyl/N-ethyl adjacent to an activating group) is 1. The predicted octanol–water partition coefficient (Wildman–Crippen LogP) is 4.94. The van der Waals surface area contributed by atoms with Crippen molar-refractivity contribution in [2.24, 2.45) is 5.92 Å². The van der Waals surface area contributed by atoms with Gasteiger partial charge >= 0.3 is 0 Å². The third kappa shape index (κ3) is 3.85. The summed E-state index contributed by atoms with van der Waals surface area (Å²) in [6.45, 7) is 0. The maximum atomic E-state index is 3.52. The van der Waals surface area contributed by atoms with E-state index in [1.165, 1.54) is 54.9 Å². The van der Waals surface area contributed by atoms with Crippen LogP contribution in [0.3, 0.4) is 0 Å². The summed E-state index contributed by atoms with van der Waals surface area (Å²) in [5.41, 5.74) is 1.46. The normalized spacial score (nSPS) is 17.4. The number of hydrogen-bond donors (Lipinski definition) is 1. The molecule has 1 heteroatoms. The maximum Gasteiger partial charge on any atom is 0.0105 e. The van der Waals surface area contributed by atoms with Crippen LogP contribution in [-0.2, 0) is 6.42 Å². The highest BCUT2D eigenvalue weighted by Gasteiger charge is 2.17. The van der Waals surface area contributed by atoms with Crippen molar-refractivity contribution in [3.8, 4) is 0 Å². The Morgan fingerprint density at radius 2 is 1.81 bits per heavy atom. The zero-order chi connectivity index (χ0) is 14.5. The summed E-state index contributed by atoms with van der Waals surface area (Å²) in [7, 11) is 2.11. The van der Waals surface area contributed by atoms with E-state index < -0.39 is 0 Å². The molecule has 0 heterocycles. The van der Waals surface area contributed by atoms with E-state index in [0.29, 0.717) is 6.04 Å². The minimum atomic E-state index is 0.617. The molecule has 1 saturated carbocycles. The molecule has 0 aliphatic heterocycles. The van der Waals surface area contributed by atoms with Crippen LogP contribution in [0.1, 0.15) is 44.1 Å². The van der Waals surface area contributed by atoms with Crippen LogP contribution in [0.25, 0.3) is 10.8 Å². The molecule has 1 aliphatic rings. The van der Waals surface area contributed by atoms with Gasteiger partial charge in [-0.15, -0.1) is 0 Å². The Bertz CT molecular complexity index is 569. The van der Waals surface area contributed by atoms with E-state index in [2.05, 4.69) is 54.8 Å². The first-order valence-corrected chi connectivity index (χ1v) is 8.50. The lowest BCUT2D eigenvalue weighted by Crippen LogP contribution is -2.28. The number of hydrogen-bond acceptors (Lipinski definition) is 1. The SMILES string of the molecule is CNC(CCC1CCCC1)Cc1ccc2ccccc2c1. The van der Waals surface area contributed by atoms with Crippen molar-refractivity contribution >= 4 is 10.8 Å². The lowest BCUT2D eigenvalue weighted by molar-refractivity contribution is 0.418. The van der Waals surface area contributed by atoms with Crippen LogP contribution in [0.5, 0.6) is 0 Å². The maximum absolute atomic E-state index is 3.52. The summed E-state index contributed by atoms with van der Waals surface area (Å²) in [6, 6.07) is 16.2. The van der Waals surface area contributed by atoms with Gasteiger partial charge in [-0.25, -0.2) is 0 Å². The molecule has 1 aliphatic carbocycles. The number of fused-ring (bicyclic) bond motifs is 1. The first-order valence-electron chi connectivity index (χ1n) is 8.50. The van der Waals surface area contributed by atoms with E-state index in [9.17, 15) is 0 Å². The molecule has 1 unspecified atom stereocenters. The minimum absolute atomic E-state index is 0.617. The van der Waals surface area contributed by atoms with Crippen LogP contribution < -0.4 is 5.32 Å². The van der Waals surface area contributed by atoms with E-state index in [0.717, 1.165) is 12.3 Å². The third-order valence-corrected chi connectivity index (χ3v) is 5.10. The van der Waals surface area contributed by atoms with Crippen molar-refractivity contribution in [2.45, 2.75) is 51.0 Å². The number of benzene rings is 2. The van der Waals surface area contributed by atoms with Crippen molar-refractivity contribution in [2.75, 3.05) is 7.05 Å². The summed E-state index contributed by atoms with van der Waals surface area (Å²) in [5, 5.41) is 6.23. The molecule has 112 valence electrons. The van der Waals surface area contributed by atoms with Gasteiger partial charge in [0.25, 0.3) is 0 Å². The van der Waals surface area contributed by atoms with Gasteiger partial charge in [-0.05, 0) is 48.6 Å². The summed E-state index contributed by atoms with van der Waals surface area (Å²) < 4.78 is 0. The molecule has 1 fully saturated rings. The fourth-order valence-electron chi connectivity index (χ4n) is 3.73. The Kier molecular flexibility index (Phi) is 4.92. The Morgan fingerprint density at radius 1 is 1.05 bits per heavy atom. The van der Waals surface area contributed by atoms with Crippen molar-refractivity contribution in [1.29, 1.82) is 0 Å². The lowest BCUT2D eigenvalue weighted by Gasteiger charge is -2.18. The average Bonchev–Trinajstić information content (AvgIpc) is 3.04. The number of rotatable bonds is 6. The van der Waals surface area contributed by atoms with Gasteiger partial charge in [0.2, 0.25) is 0 Å². The summed E-state index contributed by atoms with van der Waals surface area (Å²) in [5.74, 6) is 0.998. The highest BCUT2D eigenvalue weighted by molar-refractivity contribution is 5.82. The zero-order valence-electron chi connectivity index (χ0n) is 13.1. The molecule has 1 nitrogen and oxygen atoms in total. The second kappa shape index (κ2) is 7.09. The van der Waals surface area contributed by atoms with Gasteiger partial charge < -0.3 is 5.32 Å². The van der Waals surface area contributed by atoms with Crippen LogP contribution in [0.2, 0.25) is 0 Å². The van der Waals surface area contributed by atoms with E-state index in [-0.39, 0.29) is 0 Å². The predicted molar refractivity (Wildman–Crippen MR) is 91.7 cm³/mol. The topological polar surface area (TPSA) is 12.0 Å². The van der Waals surface area contributed by atoms with Crippen molar-refractivity contribution in [3.05, 3.63) is 48.0 Å². The monoisotopic (exact) mass is 281 g/mol. The quantitative estimate of drug-likeness (QED) is 0.790. The molecule has 0 amide bonds. The summed E-state index contributed by atoms with van der Waals surface area (Å²) in [4.78, 5) is 0. The zero-order valence-corrected chi connectivity index (χ0v) is 13.1. The Labute approximate surface area is 128 Å². The third-order valence-electron chi connectivity index (χ3n) is 5.10. The second-order valence-electron chi connectivity index (χ2n) is 6.60. The first kappa shape index (κ1) is 14.6. The van der Waals surface area contributed by atoms with Crippen molar-refractivity contribution < 1.29 is 0 Å². The van der Waals surface area contributed by atoms with Crippen LogP contribution in [0.15, 0.2) is 42.5 Å². The van der Waals surface area contributed by atoms with Gasteiger partial charge in [0.15, 0.2) is 0 Å². The van der Waals surface area contributed by atoms with Crippen molar-refractivity contribution in [3.63, 3.8) is 0 Å². The van der Waals surface area contributed by atoms with Gasteiger partial charge in [-0.2, -0.15) is 0 Å². The molecule has 21 heavy (non-hydrogen) atoms. The van der Waals surface area contributed by atoms with E-state index in [1.807, 2.05) is 0 Å². The molecule has 1 atom stereocenters. The molecule has 2 aromatic rings. The van der Waals surface area contributed by atoms with E-state index in [4.69, 9.17) is 0 Å². The van der Waals surface area contributed by atoms with Crippen LogP contribution in [0, 0.1) is 5.92 Å². The van der Waals surface area contributed by atoms with Gasteiger partial charge in [0.1, 0.15) is 0 Å². The molecular weight excluding hydrogens is 254 g/mol. The van der Waals surface area contributed by atoms with Gasteiger partial charge in [0, 0.05) is 6.04 Å². The van der Waals surface area contributed by atoms with Gasteiger partial charge in [-0.3, -0.25) is 0 Å². The minimum Gasteiger partial charge on any atom is -0.317 e. The molecule has 0 spiro atoms. The highest BCUT2D eigenvalue weighted by atomic mass is 14.9. The molecule has 2 aromatic carbocycles. The highest BCUT2D eigenvalue weighted by Crippen LogP contribution is 2.29. The molecule has 0 saturated heterocycles. The lowest BCUT2D eigenvalue weighted by atomic mass is 9.94. The fourth-order valence-corrected chi connectivity index (χ4v) is 3.73. The van der Waals surface area contributed by atoms with E-state index in [1.54, 1.807) is 0 Å². The fraction of sp³-hybridized carbons (Fsp3) is 0.500.